The zero-order valence-electron chi connectivity index (χ0n) is 10.7. The van der Waals surface area contributed by atoms with Crippen molar-refractivity contribution < 1.29 is 23.8 Å². The van der Waals surface area contributed by atoms with Crippen LogP contribution >= 0.6 is 0 Å². The first-order chi connectivity index (χ1) is 9.51. The van der Waals surface area contributed by atoms with E-state index in [4.69, 9.17) is 9.84 Å². The summed E-state index contributed by atoms with van der Waals surface area (Å²) in [7, 11) is 1.47. The van der Waals surface area contributed by atoms with Crippen LogP contribution in [0.5, 0.6) is 0 Å². The Balaban J connectivity index is 2.07. The SMILES string of the molecule is COC1CC(C(=O)Nc2ccc(F)nc2)N(C(=O)O)C1. The van der Waals surface area contributed by atoms with Crippen LogP contribution in [0.3, 0.4) is 0 Å². The van der Waals surface area contributed by atoms with Crippen molar-refractivity contribution in [3.8, 4) is 0 Å². The Morgan fingerprint density at radius 2 is 2.30 bits per heavy atom. The molecule has 108 valence electrons. The smallest absolute Gasteiger partial charge is 0.408 e. The molecular weight excluding hydrogens is 269 g/mol. The standard InChI is InChI=1S/C12H14FN3O4/c1-20-8-4-9(16(6-8)12(18)19)11(17)15-7-2-3-10(13)14-5-7/h2-3,5,8-9H,4,6H2,1H3,(H,15,17)(H,18,19). The topological polar surface area (TPSA) is 91.8 Å². The Morgan fingerprint density at radius 1 is 1.55 bits per heavy atom. The van der Waals surface area contributed by atoms with Crippen LogP contribution in [0.1, 0.15) is 6.42 Å². The molecule has 2 amide bonds. The summed E-state index contributed by atoms with van der Waals surface area (Å²) in [6.45, 7) is 0.144. The predicted molar refractivity (Wildman–Crippen MR) is 66.8 cm³/mol. The fraction of sp³-hybridized carbons (Fsp3) is 0.417. The van der Waals surface area contributed by atoms with Crippen molar-refractivity contribution in [2.75, 3.05) is 19.0 Å². The predicted octanol–water partition coefficient (Wildman–Crippen LogP) is 0.927. The molecule has 0 saturated carbocycles. The van der Waals surface area contributed by atoms with Gasteiger partial charge in [0.25, 0.3) is 0 Å². The first-order valence-corrected chi connectivity index (χ1v) is 5.96. The van der Waals surface area contributed by atoms with Gasteiger partial charge in [-0.15, -0.1) is 0 Å². The molecule has 1 saturated heterocycles. The largest absolute Gasteiger partial charge is 0.465 e. The summed E-state index contributed by atoms with van der Waals surface area (Å²) in [5.74, 6) is -1.14. The molecule has 20 heavy (non-hydrogen) atoms. The number of carbonyl (C=O) groups excluding carboxylic acids is 1. The third-order valence-corrected chi connectivity index (χ3v) is 3.14. The molecule has 8 heteroatoms. The van der Waals surface area contributed by atoms with E-state index in [0.717, 1.165) is 11.0 Å². The lowest BCUT2D eigenvalue weighted by molar-refractivity contribution is -0.120. The first-order valence-electron chi connectivity index (χ1n) is 5.96. The number of hydrogen-bond donors (Lipinski definition) is 2. The third-order valence-electron chi connectivity index (χ3n) is 3.14. The van der Waals surface area contributed by atoms with Crippen LogP contribution in [-0.2, 0) is 9.53 Å². The number of nitrogens with zero attached hydrogens (tertiary/aromatic N) is 2. The summed E-state index contributed by atoms with van der Waals surface area (Å²) in [6.07, 6.45) is -0.0419. The molecule has 2 heterocycles. The number of carbonyl (C=O) groups is 2. The number of anilines is 1. The number of aromatic nitrogens is 1. The lowest BCUT2D eigenvalue weighted by Crippen LogP contribution is -2.42. The van der Waals surface area contributed by atoms with Crippen molar-refractivity contribution in [1.82, 2.24) is 9.88 Å². The van der Waals surface area contributed by atoms with E-state index in [1.165, 1.54) is 19.4 Å². The number of methoxy groups -OCH3 is 1. The summed E-state index contributed by atoms with van der Waals surface area (Å²) in [5.41, 5.74) is 0.308. The minimum atomic E-state index is -1.18. The number of hydrogen-bond acceptors (Lipinski definition) is 4. The summed E-state index contributed by atoms with van der Waals surface area (Å²) in [5, 5.41) is 11.6. The van der Waals surface area contributed by atoms with Gasteiger partial charge in [-0.3, -0.25) is 9.69 Å². The zero-order chi connectivity index (χ0) is 14.7. The summed E-state index contributed by atoms with van der Waals surface area (Å²) < 4.78 is 17.8. The van der Waals surface area contributed by atoms with Crippen molar-refractivity contribution in [2.24, 2.45) is 0 Å². The maximum atomic E-state index is 12.7. The Morgan fingerprint density at radius 3 is 2.85 bits per heavy atom. The van der Waals surface area contributed by atoms with Crippen molar-refractivity contribution >= 4 is 17.7 Å². The van der Waals surface area contributed by atoms with Crippen LogP contribution in [-0.4, -0.2) is 52.8 Å². The Kier molecular flexibility index (Phi) is 4.14. The Bertz CT molecular complexity index is 508. The molecule has 2 unspecified atom stereocenters. The molecular formula is C12H14FN3O4. The lowest BCUT2D eigenvalue weighted by Gasteiger charge is -2.20. The van der Waals surface area contributed by atoms with E-state index in [2.05, 4.69) is 10.3 Å². The van der Waals surface area contributed by atoms with E-state index in [-0.39, 0.29) is 19.1 Å². The van der Waals surface area contributed by atoms with Gasteiger partial charge >= 0.3 is 6.09 Å². The van der Waals surface area contributed by atoms with Crippen molar-refractivity contribution in [1.29, 1.82) is 0 Å². The van der Waals surface area contributed by atoms with Crippen LogP contribution in [0.4, 0.5) is 14.9 Å². The van der Waals surface area contributed by atoms with E-state index >= 15 is 0 Å². The number of ether oxygens (including phenoxy) is 1. The van der Waals surface area contributed by atoms with E-state index < -0.39 is 24.0 Å². The van der Waals surface area contributed by atoms with Gasteiger partial charge in [0.05, 0.1) is 24.5 Å². The normalized spacial score (nSPS) is 21.8. The highest BCUT2D eigenvalue weighted by Crippen LogP contribution is 2.21. The minimum Gasteiger partial charge on any atom is -0.465 e. The second kappa shape index (κ2) is 5.83. The average molecular weight is 283 g/mol. The van der Waals surface area contributed by atoms with Crippen LogP contribution in [0.2, 0.25) is 0 Å². The van der Waals surface area contributed by atoms with E-state index in [0.29, 0.717) is 5.69 Å². The quantitative estimate of drug-likeness (QED) is 0.805. The highest BCUT2D eigenvalue weighted by Gasteiger charge is 2.39. The van der Waals surface area contributed by atoms with Crippen molar-refractivity contribution in [2.45, 2.75) is 18.6 Å². The highest BCUT2D eigenvalue weighted by molar-refractivity contribution is 5.96. The summed E-state index contributed by atoms with van der Waals surface area (Å²) in [4.78, 5) is 27.6. The molecule has 1 aliphatic rings. The van der Waals surface area contributed by atoms with Gasteiger partial charge < -0.3 is 15.2 Å². The molecule has 0 aliphatic carbocycles. The summed E-state index contributed by atoms with van der Waals surface area (Å²) >= 11 is 0. The van der Waals surface area contributed by atoms with Crippen LogP contribution < -0.4 is 5.32 Å². The highest BCUT2D eigenvalue weighted by atomic mass is 19.1. The number of carboxylic acid groups (broad SMARTS) is 1. The monoisotopic (exact) mass is 283 g/mol. The van der Waals surface area contributed by atoms with Gasteiger partial charge in [-0.25, -0.2) is 9.78 Å². The molecule has 0 aromatic carbocycles. The molecule has 1 aliphatic heterocycles. The van der Waals surface area contributed by atoms with Crippen LogP contribution in [0.25, 0.3) is 0 Å². The number of amides is 2. The van der Waals surface area contributed by atoms with Gasteiger partial charge in [0.15, 0.2) is 0 Å². The maximum absolute atomic E-state index is 12.7. The molecule has 0 bridgehead atoms. The average Bonchev–Trinajstić information content (AvgIpc) is 2.86. The van der Waals surface area contributed by atoms with E-state index in [9.17, 15) is 14.0 Å². The molecule has 2 N–H and O–H groups in total. The Hall–Kier alpha value is -2.22. The molecule has 0 spiro atoms. The molecule has 1 aromatic rings. The van der Waals surface area contributed by atoms with Gasteiger partial charge in [0.2, 0.25) is 11.9 Å². The molecule has 2 atom stereocenters. The first kappa shape index (κ1) is 14.2. The second-order valence-corrected chi connectivity index (χ2v) is 4.40. The van der Waals surface area contributed by atoms with Crippen LogP contribution in [0.15, 0.2) is 18.3 Å². The molecule has 7 nitrogen and oxygen atoms in total. The molecule has 0 radical (unpaired) electrons. The van der Waals surface area contributed by atoms with E-state index in [1.807, 2.05) is 0 Å². The second-order valence-electron chi connectivity index (χ2n) is 4.40. The fourth-order valence-corrected chi connectivity index (χ4v) is 2.10. The van der Waals surface area contributed by atoms with Gasteiger partial charge in [0.1, 0.15) is 6.04 Å². The summed E-state index contributed by atoms with van der Waals surface area (Å²) in [6, 6.07) is 1.63. The molecule has 1 fully saturated rings. The third kappa shape index (κ3) is 3.02. The van der Waals surface area contributed by atoms with Gasteiger partial charge in [-0.1, -0.05) is 0 Å². The van der Waals surface area contributed by atoms with Gasteiger partial charge in [0, 0.05) is 13.5 Å². The zero-order valence-corrected chi connectivity index (χ0v) is 10.7. The van der Waals surface area contributed by atoms with E-state index in [1.54, 1.807) is 0 Å². The van der Waals surface area contributed by atoms with Crippen molar-refractivity contribution in [3.05, 3.63) is 24.3 Å². The fourth-order valence-electron chi connectivity index (χ4n) is 2.10. The Labute approximate surface area is 114 Å². The lowest BCUT2D eigenvalue weighted by atomic mass is 10.2. The van der Waals surface area contributed by atoms with Gasteiger partial charge in [-0.2, -0.15) is 4.39 Å². The number of halogens is 1. The number of likely N-dealkylation sites (tertiary alicyclic amines) is 1. The maximum Gasteiger partial charge on any atom is 0.408 e. The number of rotatable bonds is 3. The number of pyridine rings is 1. The van der Waals surface area contributed by atoms with Gasteiger partial charge in [-0.05, 0) is 12.1 Å². The molecule has 1 aromatic heterocycles. The molecule has 2 rings (SSSR count). The van der Waals surface area contributed by atoms with Crippen molar-refractivity contribution in [3.63, 3.8) is 0 Å². The number of nitrogens with one attached hydrogen (secondary N) is 1. The minimum absolute atomic E-state index is 0.144. The van der Waals surface area contributed by atoms with Crippen LogP contribution in [0, 0.1) is 5.95 Å².